The lowest BCUT2D eigenvalue weighted by molar-refractivity contribution is -0.00531. The van der Waals surface area contributed by atoms with Gasteiger partial charge < -0.3 is 15.2 Å². The zero-order valence-electron chi connectivity index (χ0n) is 11.5. The molecule has 0 heterocycles. The van der Waals surface area contributed by atoms with E-state index in [-0.39, 0.29) is 12.2 Å². The molecule has 2 N–H and O–H groups in total. The molecule has 0 spiro atoms. The van der Waals surface area contributed by atoms with Crippen molar-refractivity contribution in [2.45, 2.75) is 38.3 Å². The Balaban J connectivity index is 2.82. The molecule has 1 aromatic rings. The normalized spacial score (nSPS) is 15.2. The molecule has 0 saturated carbocycles. The Morgan fingerprint density at radius 2 is 2.00 bits per heavy atom. The van der Waals surface area contributed by atoms with Crippen molar-refractivity contribution in [3.63, 3.8) is 0 Å². The molecule has 18 heavy (non-hydrogen) atoms. The van der Waals surface area contributed by atoms with Crippen molar-refractivity contribution in [1.29, 1.82) is 0 Å². The van der Waals surface area contributed by atoms with Crippen LogP contribution in [-0.2, 0) is 4.74 Å². The third-order valence-corrected chi connectivity index (χ3v) is 3.48. The van der Waals surface area contributed by atoms with E-state index in [9.17, 15) is 5.11 Å². The average Bonchev–Trinajstić information content (AvgIpc) is 2.28. The van der Waals surface area contributed by atoms with Gasteiger partial charge in [0.2, 0.25) is 0 Å². The van der Waals surface area contributed by atoms with Crippen LogP contribution in [0.3, 0.4) is 0 Å². The highest BCUT2D eigenvalue weighted by molar-refractivity contribution is 9.10. The topological polar surface area (TPSA) is 41.5 Å². The van der Waals surface area contributed by atoms with Gasteiger partial charge in [-0.2, -0.15) is 0 Å². The number of hydrogen-bond donors (Lipinski definition) is 2. The summed E-state index contributed by atoms with van der Waals surface area (Å²) in [7, 11) is 1.69. The minimum absolute atomic E-state index is 0.0479. The Hall–Kier alpha value is -0.580. The van der Waals surface area contributed by atoms with Crippen molar-refractivity contribution in [1.82, 2.24) is 0 Å². The van der Waals surface area contributed by atoms with Crippen molar-refractivity contribution in [2.24, 2.45) is 0 Å². The molecule has 4 heteroatoms. The number of methoxy groups -OCH3 is 1. The second-order valence-electron chi connectivity index (χ2n) is 5.49. The van der Waals surface area contributed by atoms with E-state index >= 15 is 0 Å². The van der Waals surface area contributed by atoms with Gasteiger partial charge in [-0.3, -0.25) is 0 Å². The molecule has 0 fully saturated rings. The maximum Gasteiger partial charge on any atom is 0.0659 e. The molecule has 0 aliphatic carbocycles. The van der Waals surface area contributed by atoms with Gasteiger partial charge >= 0.3 is 0 Å². The zero-order valence-corrected chi connectivity index (χ0v) is 13.0. The number of anilines is 1. The quantitative estimate of drug-likeness (QED) is 0.845. The Morgan fingerprint density at radius 3 is 2.50 bits per heavy atom. The first kappa shape index (κ1) is 15.5. The van der Waals surface area contributed by atoms with Crippen LogP contribution in [0.1, 0.15) is 27.2 Å². The van der Waals surface area contributed by atoms with E-state index in [4.69, 9.17) is 4.74 Å². The summed E-state index contributed by atoms with van der Waals surface area (Å²) in [5, 5.41) is 13.0. The SMILES string of the molecule is COC(C)(C)CC(C)(CO)Nc1cccc(Br)c1. The van der Waals surface area contributed by atoms with E-state index < -0.39 is 5.54 Å². The van der Waals surface area contributed by atoms with Crippen LogP contribution >= 0.6 is 15.9 Å². The Bertz CT molecular complexity index is 395. The van der Waals surface area contributed by atoms with Gasteiger partial charge in [0.25, 0.3) is 0 Å². The monoisotopic (exact) mass is 315 g/mol. The minimum atomic E-state index is -0.416. The smallest absolute Gasteiger partial charge is 0.0659 e. The van der Waals surface area contributed by atoms with Crippen LogP contribution in [0, 0.1) is 0 Å². The molecule has 0 aliphatic heterocycles. The summed E-state index contributed by atoms with van der Waals surface area (Å²) < 4.78 is 6.45. The summed E-state index contributed by atoms with van der Waals surface area (Å²) >= 11 is 3.44. The highest BCUT2D eigenvalue weighted by Crippen LogP contribution is 2.27. The summed E-state index contributed by atoms with van der Waals surface area (Å²) in [6.07, 6.45) is 0.708. The molecule has 0 aliphatic rings. The van der Waals surface area contributed by atoms with Crippen LogP contribution < -0.4 is 5.32 Å². The number of aliphatic hydroxyl groups excluding tert-OH is 1. The summed E-state index contributed by atoms with van der Waals surface area (Å²) in [6.45, 7) is 6.08. The highest BCUT2D eigenvalue weighted by Gasteiger charge is 2.32. The minimum Gasteiger partial charge on any atom is -0.394 e. The van der Waals surface area contributed by atoms with Crippen LogP contribution in [0.5, 0.6) is 0 Å². The molecule has 0 saturated heterocycles. The molecule has 1 aromatic carbocycles. The predicted octanol–water partition coefficient (Wildman–Crippen LogP) is 3.43. The van der Waals surface area contributed by atoms with Gasteiger partial charge in [-0.25, -0.2) is 0 Å². The third-order valence-electron chi connectivity index (χ3n) is 2.99. The Labute approximate surface area is 118 Å². The van der Waals surface area contributed by atoms with Gasteiger partial charge in [0, 0.05) is 23.7 Å². The fourth-order valence-corrected chi connectivity index (χ4v) is 2.47. The van der Waals surface area contributed by atoms with Crippen molar-refractivity contribution >= 4 is 21.6 Å². The average molecular weight is 316 g/mol. The van der Waals surface area contributed by atoms with Crippen molar-refractivity contribution < 1.29 is 9.84 Å². The fraction of sp³-hybridized carbons (Fsp3) is 0.571. The van der Waals surface area contributed by atoms with E-state index in [1.165, 1.54) is 0 Å². The molecular weight excluding hydrogens is 294 g/mol. The first-order chi connectivity index (χ1) is 8.30. The van der Waals surface area contributed by atoms with Gasteiger partial charge in [0.05, 0.1) is 17.7 Å². The van der Waals surface area contributed by atoms with Crippen LogP contribution in [0.4, 0.5) is 5.69 Å². The number of aliphatic hydroxyl groups is 1. The van der Waals surface area contributed by atoms with Gasteiger partial charge in [-0.1, -0.05) is 22.0 Å². The van der Waals surface area contributed by atoms with Crippen LogP contribution in [-0.4, -0.2) is 30.0 Å². The van der Waals surface area contributed by atoms with Crippen molar-refractivity contribution in [2.75, 3.05) is 19.0 Å². The molecule has 0 radical (unpaired) electrons. The van der Waals surface area contributed by atoms with E-state index in [1.807, 2.05) is 45.0 Å². The first-order valence-electron chi connectivity index (χ1n) is 6.00. The number of halogens is 1. The van der Waals surface area contributed by atoms with Gasteiger partial charge in [-0.05, 0) is 39.0 Å². The van der Waals surface area contributed by atoms with Gasteiger partial charge in [0.15, 0.2) is 0 Å². The molecule has 1 atom stereocenters. The maximum absolute atomic E-state index is 9.64. The molecule has 0 aromatic heterocycles. The summed E-state index contributed by atoms with van der Waals surface area (Å²) in [4.78, 5) is 0. The maximum atomic E-state index is 9.64. The van der Waals surface area contributed by atoms with Gasteiger partial charge in [0.1, 0.15) is 0 Å². The standard InChI is InChI=1S/C14H22BrNO2/c1-13(2,18-4)9-14(3,10-17)16-12-7-5-6-11(15)8-12/h5-8,16-17H,9-10H2,1-4H3. The lowest BCUT2D eigenvalue weighted by atomic mass is 9.88. The fourth-order valence-electron chi connectivity index (χ4n) is 2.07. The second-order valence-corrected chi connectivity index (χ2v) is 6.41. The van der Waals surface area contributed by atoms with E-state index in [0.717, 1.165) is 10.2 Å². The summed E-state index contributed by atoms with van der Waals surface area (Å²) in [5.41, 5.74) is 0.282. The Kier molecular flexibility index (Phi) is 5.20. The second kappa shape index (κ2) is 6.04. The van der Waals surface area contributed by atoms with Crippen LogP contribution in [0.25, 0.3) is 0 Å². The van der Waals surface area contributed by atoms with E-state index in [1.54, 1.807) is 7.11 Å². The van der Waals surface area contributed by atoms with Crippen molar-refractivity contribution in [3.05, 3.63) is 28.7 Å². The Morgan fingerprint density at radius 1 is 1.33 bits per heavy atom. The zero-order chi connectivity index (χ0) is 13.8. The molecular formula is C14H22BrNO2. The summed E-state index contributed by atoms with van der Waals surface area (Å²) in [6, 6.07) is 7.92. The van der Waals surface area contributed by atoms with E-state index in [0.29, 0.717) is 6.42 Å². The van der Waals surface area contributed by atoms with Crippen molar-refractivity contribution in [3.8, 4) is 0 Å². The largest absolute Gasteiger partial charge is 0.394 e. The highest BCUT2D eigenvalue weighted by atomic mass is 79.9. The third kappa shape index (κ3) is 4.59. The van der Waals surface area contributed by atoms with E-state index in [2.05, 4.69) is 21.2 Å². The first-order valence-corrected chi connectivity index (χ1v) is 6.79. The number of benzene rings is 1. The molecule has 0 bridgehead atoms. The molecule has 1 rings (SSSR count). The summed E-state index contributed by atoms with van der Waals surface area (Å²) in [5.74, 6) is 0. The number of rotatable bonds is 6. The molecule has 3 nitrogen and oxygen atoms in total. The molecule has 1 unspecified atom stereocenters. The van der Waals surface area contributed by atoms with Crippen LogP contribution in [0.2, 0.25) is 0 Å². The molecule has 102 valence electrons. The number of ether oxygens (including phenoxy) is 1. The van der Waals surface area contributed by atoms with Gasteiger partial charge in [-0.15, -0.1) is 0 Å². The van der Waals surface area contributed by atoms with Crippen LogP contribution in [0.15, 0.2) is 28.7 Å². The molecule has 0 amide bonds. The predicted molar refractivity (Wildman–Crippen MR) is 79.0 cm³/mol. The lowest BCUT2D eigenvalue weighted by Crippen LogP contribution is -2.45. The number of nitrogens with one attached hydrogen (secondary N) is 1. The lowest BCUT2D eigenvalue weighted by Gasteiger charge is -2.37. The number of hydrogen-bond acceptors (Lipinski definition) is 3.